The summed E-state index contributed by atoms with van der Waals surface area (Å²) in [5.41, 5.74) is 0.482. The molecule has 13 heavy (non-hydrogen) atoms. The van der Waals surface area contributed by atoms with Crippen LogP contribution in [0.3, 0.4) is 0 Å². The van der Waals surface area contributed by atoms with E-state index in [1.807, 2.05) is 26.1 Å². The second-order valence-corrected chi connectivity index (χ2v) is 4.01. The van der Waals surface area contributed by atoms with E-state index in [-0.39, 0.29) is 0 Å². The molecule has 0 saturated carbocycles. The van der Waals surface area contributed by atoms with Gasteiger partial charge in [0.05, 0.1) is 11.8 Å². The summed E-state index contributed by atoms with van der Waals surface area (Å²) in [6, 6.07) is 4.17. The first-order valence-electron chi connectivity index (χ1n) is 4.44. The standard InChI is InChI=1S/C10H15N3/c1-8(2)9-5-6-13(12-9)10(3,4)7-11/h5-6,8H,1-4H3. The smallest absolute Gasteiger partial charge is 0.143 e. The summed E-state index contributed by atoms with van der Waals surface area (Å²) in [5.74, 6) is 0.413. The van der Waals surface area contributed by atoms with Gasteiger partial charge in [-0.25, -0.2) is 0 Å². The van der Waals surface area contributed by atoms with Crippen molar-refractivity contribution in [3.63, 3.8) is 0 Å². The van der Waals surface area contributed by atoms with Crippen molar-refractivity contribution >= 4 is 0 Å². The Labute approximate surface area is 79.0 Å². The first kappa shape index (κ1) is 9.79. The van der Waals surface area contributed by atoms with E-state index in [4.69, 9.17) is 5.26 Å². The fourth-order valence-corrected chi connectivity index (χ4v) is 1.01. The van der Waals surface area contributed by atoms with Crippen molar-refractivity contribution in [2.24, 2.45) is 0 Å². The molecule has 0 aliphatic heterocycles. The Kier molecular flexibility index (Phi) is 2.42. The second kappa shape index (κ2) is 3.21. The molecule has 0 fully saturated rings. The highest BCUT2D eigenvalue weighted by Gasteiger charge is 2.20. The van der Waals surface area contributed by atoms with Gasteiger partial charge in [-0.3, -0.25) is 4.68 Å². The predicted octanol–water partition coefficient (Wildman–Crippen LogP) is 2.27. The minimum absolute atomic E-state index is 0.413. The molecule has 0 saturated heterocycles. The summed E-state index contributed by atoms with van der Waals surface area (Å²) < 4.78 is 1.71. The zero-order chi connectivity index (χ0) is 10.1. The van der Waals surface area contributed by atoms with E-state index in [2.05, 4.69) is 25.0 Å². The maximum atomic E-state index is 8.88. The molecule has 0 aromatic carbocycles. The average molecular weight is 177 g/mol. The van der Waals surface area contributed by atoms with Gasteiger partial charge < -0.3 is 0 Å². The van der Waals surface area contributed by atoms with Gasteiger partial charge in [-0.1, -0.05) is 13.8 Å². The molecule has 0 aliphatic rings. The van der Waals surface area contributed by atoms with Crippen LogP contribution < -0.4 is 0 Å². The van der Waals surface area contributed by atoms with Gasteiger partial charge in [0, 0.05) is 6.20 Å². The molecule has 1 rings (SSSR count). The minimum Gasteiger partial charge on any atom is -0.253 e. The summed E-state index contributed by atoms with van der Waals surface area (Å²) in [5, 5.41) is 13.2. The normalized spacial score (nSPS) is 11.7. The molecule has 70 valence electrons. The Morgan fingerprint density at radius 1 is 1.54 bits per heavy atom. The number of nitriles is 1. The number of aromatic nitrogens is 2. The van der Waals surface area contributed by atoms with Crippen LogP contribution in [0.1, 0.15) is 39.3 Å². The molecule has 0 amide bonds. The van der Waals surface area contributed by atoms with Crippen LogP contribution in [-0.2, 0) is 5.54 Å². The Morgan fingerprint density at radius 2 is 2.15 bits per heavy atom. The lowest BCUT2D eigenvalue weighted by Crippen LogP contribution is -2.24. The van der Waals surface area contributed by atoms with E-state index in [1.165, 1.54) is 0 Å². The maximum absolute atomic E-state index is 8.88. The Bertz CT molecular complexity index is 328. The average Bonchev–Trinajstić information content (AvgIpc) is 2.52. The topological polar surface area (TPSA) is 41.6 Å². The van der Waals surface area contributed by atoms with Crippen LogP contribution in [0.25, 0.3) is 0 Å². The summed E-state index contributed by atoms with van der Waals surface area (Å²) >= 11 is 0. The van der Waals surface area contributed by atoms with Crippen LogP contribution in [-0.4, -0.2) is 9.78 Å². The molecule has 0 bridgehead atoms. The van der Waals surface area contributed by atoms with Crippen LogP contribution in [0.5, 0.6) is 0 Å². The van der Waals surface area contributed by atoms with Gasteiger partial charge in [-0.2, -0.15) is 10.4 Å². The van der Waals surface area contributed by atoms with Crippen molar-refractivity contribution in [2.75, 3.05) is 0 Å². The molecule has 3 heteroatoms. The van der Waals surface area contributed by atoms with Crippen LogP contribution in [0.2, 0.25) is 0 Å². The lowest BCUT2D eigenvalue weighted by atomic mass is 10.1. The summed E-state index contributed by atoms with van der Waals surface area (Å²) in [7, 11) is 0. The largest absolute Gasteiger partial charge is 0.253 e. The van der Waals surface area contributed by atoms with Crippen LogP contribution in [0.15, 0.2) is 12.3 Å². The highest BCUT2D eigenvalue weighted by atomic mass is 15.3. The van der Waals surface area contributed by atoms with E-state index >= 15 is 0 Å². The predicted molar refractivity (Wildman–Crippen MR) is 51.3 cm³/mol. The zero-order valence-corrected chi connectivity index (χ0v) is 8.57. The highest BCUT2D eigenvalue weighted by Crippen LogP contribution is 2.16. The number of hydrogen-bond donors (Lipinski definition) is 0. The lowest BCUT2D eigenvalue weighted by Gasteiger charge is -2.15. The van der Waals surface area contributed by atoms with Crippen molar-refractivity contribution in [2.45, 2.75) is 39.2 Å². The van der Waals surface area contributed by atoms with Crippen LogP contribution in [0.4, 0.5) is 0 Å². The van der Waals surface area contributed by atoms with Crippen LogP contribution in [0, 0.1) is 11.3 Å². The highest BCUT2D eigenvalue weighted by molar-refractivity contribution is 5.08. The van der Waals surface area contributed by atoms with E-state index < -0.39 is 5.54 Å². The molecule has 0 aliphatic carbocycles. The second-order valence-electron chi connectivity index (χ2n) is 4.01. The lowest BCUT2D eigenvalue weighted by molar-refractivity contribution is 0.414. The molecule has 1 heterocycles. The fourth-order valence-electron chi connectivity index (χ4n) is 1.01. The van der Waals surface area contributed by atoms with Gasteiger partial charge >= 0.3 is 0 Å². The maximum Gasteiger partial charge on any atom is 0.143 e. The van der Waals surface area contributed by atoms with Crippen molar-refractivity contribution in [1.82, 2.24) is 9.78 Å². The van der Waals surface area contributed by atoms with E-state index in [1.54, 1.807) is 4.68 Å². The van der Waals surface area contributed by atoms with E-state index in [0.29, 0.717) is 5.92 Å². The first-order valence-corrected chi connectivity index (χ1v) is 4.44. The van der Waals surface area contributed by atoms with Crippen molar-refractivity contribution < 1.29 is 0 Å². The molecule has 0 radical (unpaired) electrons. The summed E-state index contributed by atoms with van der Waals surface area (Å²) in [6.45, 7) is 7.88. The molecule has 0 spiro atoms. The zero-order valence-electron chi connectivity index (χ0n) is 8.57. The Balaban J connectivity index is 3.00. The molecule has 0 unspecified atom stereocenters. The summed E-state index contributed by atoms with van der Waals surface area (Å²) in [6.07, 6.45) is 1.86. The molecular formula is C10H15N3. The monoisotopic (exact) mass is 177 g/mol. The van der Waals surface area contributed by atoms with Gasteiger partial charge in [0.2, 0.25) is 0 Å². The van der Waals surface area contributed by atoms with E-state index in [0.717, 1.165) is 5.69 Å². The molecular weight excluding hydrogens is 162 g/mol. The Morgan fingerprint density at radius 3 is 2.54 bits per heavy atom. The molecule has 0 atom stereocenters. The third-order valence-electron chi connectivity index (χ3n) is 2.05. The molecule has 0 N–H and O–H groups in total. The molecule has 3 nitrogen and oxygen atoms in total. The molecule has 1 aromatic heterocycles. The summed E-state index contributed by atoms with van der Waals surface area (Å²) in [4.78, 5) is 0. The van der Waals surface area contributed by atoms with Gasteiger partial charge in [0.1, 0.15) is 5.54 Å². The number of hydrogen-bond acceptors (Lipinski definition) is 2. The van der Waals surface area contributed by atoms with Gasteiger partial charge in [-0.05, 0) is 25.8 Å². The van der Waals surface area contributed by atoms with Crippen LogP contribution >= 0.6 is 0 Å². The van der Waals surface area contributed by atoms with Gasteiger partial charge in [0.25, 0.3) is 0 Å². The molecule has 1 aromatic rings. The van der Waals surface area contributed by atoms with Crippen molar-refractivity contribution in [3.05, 3.63) is 18.0 Å². The number of rotatable bonds is 2. The third kappa shape index (κ3) is 1.89. The first-order chi connectivity index (χ1) is 5.97. The van der Waals surface area contributed by atoms with Gasteiger partial charge in [-0.15, -0.1) is 0 Å². The quantitative estimate of drug-likeness (QED) is 0.695. The van der Waals surface area contributed by atoms with Crippen molar-refractivity contribution in [1.29, 1.82) is 5.26 Å². The van der Waals surface area contributed by atoms with Crippen molar-refractivity contribution in [3.8, 4) is 6.07 Å². The fraction of sp³-hybridized carbons (Fsp3) is 0.600. The third-order valence-corrected chi connectivity index (χ3v) is 2.05. The van der Waals surface area contributed by atoms with E-state index in [9.17, 15) is 0 Å². The Hall–Kier alpha value is -1.30. The number of nitrogens with zero attached hydrogens (tertiary/aromatic N) is 3. The van der Waals surface area contributed by atoms with Gasteiger partial charge in [0.15, 0.2) is 0 Å². The SMILES string of the molecule is CC(C)c1ccn(C(C)(C)C#N)n1. The minimum atomic E-state index is -0.548.